The van der Waals surface area contributed by atoms with Crippen molar-refractivity contribution in [2.75, 3.05) is 40.4 Å². The highest BCUT2D eigenvalue weighted by molar-refractivity contribution is 5.70. The van der Waals surface area contributed by atoms with Crippen molar-refractivity contribution in [1.82, 2.24) is 9.80 Å². The third kappa shape index (κ3) is 13.6. The number of rotatable bonds is 12. The molecule has 6 rings (SSSR count). The van der Waals surface area contributed by atoms with E-state index in [4.69, 9.17) is 28.4 Å². The van der Waals surface area contributed by atoms with E-state index in [9.17, 15) is 19.2 Å². The molecule has 4 fully saturated rings. The Hall–Kier alpha value is -4.16. The maximum absolute atomic E-state index is 12.2. The Balaban J connectivity index is 0.000000208. The molecule has 0 aromatic heterocycles. The molecule has 2 aliphatic carbocycles. The predicted molar refractivity (Wildman–Crippen MR) is 200 cm³/mol. The fourth-order valence-corrected chi connectivity index (χ4v) is 7.76. The van der Waals surface area contributed by atoms with Gasteiger partial charge in [-0.05, 0) is 87.2 Å². The molecule has 2 atom stereocenters. The molecule has 0 unspecified atom stereocenters. The van der Waals surface area contributed by atoms with Gasteiger partial charge in [-0.2, -0.15) is 0 Å². The van der Waals surface area contributed by atoms with Crippen molar-refractivity contribution in [3.05, 3.63) is 71.8 Å². The molecular formula is C42H58N2O10. The van der Waals surface area contributed by atoms with E-state index in [2.05, 4.69) is 0 Å². The number of likely N-dealkylation sites (tertiary alicyclic amines) is 2. The zero-order chi connectivity index (χ0) is 38.1. The van der Waals surface area contributed by atoms with E-state index in [0.717, 1.165) is 75.3 Å². The molecule has 296 valence electrons. The van der Waals surface area contributed by atoms with Gasteiger partial charge in [-0.25, -0.2) is 9.59 Å². The van der Waals surface area contributed by atoms with Crippen LogP contribution in [0.1, 0.15) is 88.2 Å². The van der Waals surface area contributed by atoms with Gasteiger partial charge in [0.05, 0.1) is 51.7 Å². The van der Waals surface area contributed by atoms with Crippen molar-refractivity contribution in [2.24, 2.45) is 11.8 Å². The molecule has 12 heteroatoms. The Kier molecular flexibility index (Phi) is 16.4. The number of esters is 2. The van der Waals surface area contributed by atoms with Crippen LogP contribution in [0.4, 0.5) is 9.59 Å². The number of ether oxygens (including phenoxy) is 6. The maximum Gasteiger partial charge on any atom is 0.410 e. The van der Waals surface area contributed by atoms with Gasteiger partial charge >= 0.3 is 24.1 Å². The summed E-state index contributed by atoms with van der Waals surface area (Å²) in [6, 6.07) is 19.4. The lowest BCUT2D eigenvalue weighted by Crippen LogP contribution is -2.33. The molecule has 2 saturated carbocycles. The fraction of sp³-hybridized carbons (Fsp3) is 0.619. The first kappa shape index (κ1) is 41.0. The van der Waals surface area contributed by atoms with Crippen LogP contribution in [0, 0.1) is 11.8 Å². The molecule has 2 aliphatic heterocycles. The Labute approximate surface area is 319 Å². The summed E-state index contributed by atoms with van der Waals surface area (Å²) in [6.45, 7) is 3.13. The number of carbonyl (C=O) groups excluding carboxylic acids is 4. The molecule has 2 aromatic carbocycles. The minimum Gasteiger partial charge on any atom is -0.469 e. The van der Waals surface area contributed by atoms with Gasteiger partial charge in [0, 0.05) is 25.9 Å². The molecule has 2 amide bonds. The van der Waals surface area contributed by atoms with Crippen LogP contribution in [0.3, 0.4) is 0 Å². The van der Waals surface area contributed by atoms with Crippen LogP contribution in [0.2, 0.25) is 0 Å². The Morgan fingerprint density at radius 1 is 0.519 bits per heavy atom. The lowest BCUT2D eigenvalue weighted by molar-refractivity contribution is -0.143. The monoisotopic (exact) mass is 750 g/mol. The topological polar surface area (TPSA) is 130 Å². The van der Waals surface area contributed by atoms with Gasteiger partial charge in [0.2, 0.25) is 0 Å². The van der Waals surface area contributed by atoms with Crippen LogP contribution in [0.25, 0.3) is 0 Å². The number of carbonyl (C=O) groups is 4. The van der Waals surface area contributed by atoms with Crippen LogP contribution in [-0.4, -0.2) is 98.7 Å². The molecule has 0 N–H and O–H groups in total. The Morgan fingerprint density at radius 3 is 1.24 bits per heavy atom. The number of amides is 2. The fourth-order valence-electron chi connectivity index (χ4n) is 7.76. The van der Waals surface area contributed by atoms with Crippen molar-refractivity contribution in [3.63, 3.8) is 0 Å². The number of methoxy groups -OCH3 is 2. The second-order valence-electron chi connectivity index (χ2n) is 14.9. The van der Waals surface area contributed by atoms with E-state index < -0.39 is 0 Å². The second-order valence-corrected chi connectivity index (χ2v) is 14.9. The molecule has 54 heavy (non-hydrogen) atoms. The highest BCUT2D eigenvalue weighted by Gasteiger charge is 2.33. The van der Waals surface area contributed by atoms with Gasteiger partial charge in [-0.3, -0.25) is 9.59 Å². The zero-order valence-electron chi connectivity index (χ0n) is 31.9. The van der Waals surface area contributed by atoms with Gasteiger partial charge in [0.15, 0.2) is 0 Å². The molecule has 4 aliphatic rings. The molecule has 2 heterocycles. The minimum absolute atomic E-state index is 0.0800. The van der Waals surface area contributed by atoms with Crippen molar-refractivity contribution in [2.45, 2.75) is 115 Å². The third-order valence-electron chi connectivity index (χ3n) is 10.9. The average Bonchev–Trinajstić information content (AvgIpc) is 3.89. The first-order valence-electron chi connectivity index (χ1n) is 19.6. The van der Waals surface area contributed by atoms with Crippen LogP contribution in [0.5, 0.6) is 0 Å². The molecule has 0 spiro atoms. The van der Waals surface area contributed by atoms with E-state index in [1.807, 2.05) is 60.7 Å². The molecule has 0 bridgehead atoms. The van der Waals surface area contributed by atoms with E-state index >= 15 is 0 Å². The first-order chi connectivity index (χ1) is 26.3. The molecular weight excluding hydrogens is 692 g/mol. The minimum atomic E-state index is -0.272. The van der Waals surface area contributed by atoms with Crippen LogP contribution in [-0.2, 0) is 51.2 Å². The van der Waals surface area contributed by atoms with Gasteiger partial charge in [0.1, 0.15) is 13.2 Å². The van der Waals surface area contributed by atoms with Crippen LogP contribution >= 0.6 is 0 Å². The summed E-state index contributed by atoms with van der Waals surface area (Å²) in [6.07, 6.45) is 10.6. The molecule has 2 aromatic rings. The van der Waals surface area contributed by atoms with Crippen LogP contribution < -0.4 is 0 Å². The summed E-state index contributed by atoms with van der Waals surface area (Å²) in [4.78, 5) is 50.7. The largest absolute Gasteiger partial charge is 0.469 e. The second kappa shape index (κ2) is 21.7. The first-order valence-corrected chi connectivity index (χ1v) is 19.6. The van der Waals surface area contributed by atoms with E-state index in [1.54, 1.807) is 9.80 Å². The normalized spacial score (nSPS) is 25.2. The van der Waals surface area contributed by atoms with E-state index in [0.29, 0.717) is 64.1 Å². The van der Waals surface area contributed by atoms with Gasteiger partial charge < -0.3 is 38.2 Å². The highest BCUT2D eigenvalue weighted by atomic mass is 16.6. The number of hydrogen-bond acceptors (Lipinski definition) is 10. The average molecular weight is 751 g/mol. The standard InChI is InChI=1S/2C21H29NO5/c2*1-25-20(23)13-16-7-9-18(10-8-16)27-19-11-12-22(14-19)21(24)26-15-17-5-3-2-4-6-17/h2*2-6,16,18-19H,7-15H2,1H3/t2*16?,18?,19-/m11/s1. The SMILES string of the molecule is COC(=O)CC1CCC(O[C@@H]2CCN(C(=O)OCc3ccccc3)C2)CC1.COC(=O)CC1CCC(O[C@@H]2CCN(C(=O)OCc3ccccc3)C2)CC1. The van der Waals surface area contributed by atoms with Crippen molar-refractivity contribution >= 4 is 24.1 Å². The molecule has 0 radical (unpaired) electrons. The molecule has 12 nitrogen and oxygen atoms in total. The Morgan fingerprint density at radius 2 is 0.889 bits per heavy atom. The lowest BCUT2D eigenvalue weighted by Gasteiger charge is -2.30. The Bertz CT molecular complexity index is 1330. The summed E-state index contributed by atoms with van der Waals surface area (Å²) in [5, 5.41) is 0. The van der Waals surface area contributed by atoms with E-state index in [-0.39, 0.29) is 48.5 Å². The third-order valence-corrected chi connectivity index (χ3v) is 10.9. The summed E-state index contributed by atoms with van der Waals surface area (Å²) in [5.74, 6) is 0.565. The summed E-state index contributed by atoms with van der Waals surface area (Å²) in [5.41, 5.74) is 1.98. The number of hydrogen-bond donors (Lipinski definition) is 0. The van der Waals surface area contributed by atoms with Gasteiger partial charge in [-0.15, -0.1) is 0 Å². The summed E-state index contributed by atoms with van der Waals surface area (Å²) < 4.78 is 32.7. The van der Waals surface area contributed by atoms with Crippen molar-refractivity contribution < 1.29 is 47.6 Å². The van der Waals surface area contributed by atoms with Crippen LogP contribution in [0.15, 0.2) is 60.7 Å². The number of nitrogens with zero attached hydrogens (tertiary/aromatic N) is 2. The van der Waals surface area contributed by atoms with Crippen molar-refractivity contribution in [1.29, 1.82) is 0 Å². The summed E-state index contributed by atoms with van der Waals surface area (Å²) in [7, 11) is 2.88. The smallest absolute Gasteiger partial charge is 0.410 e. The quantitative estimate of drug-likeness (QED) is 0.164. The molecule has 2 saturated heterocycles. The zero-order valence-corrected chi connectivity index (χ0v) is 31.9. The van der Waals surface area contributed by atoms with Gasteiger partial charge in [0.25, 0.3) is 0 Å². The maximum atomic E-state index is 12.2. The highest BCUT2D eigenvalue weighted by Crippen LogP contribution is 2.32. The van der Waals surface area contributed by atoms with Crippen molar-refractivity contribution in [3.8, 4) is 0 Å². The number of benzene rings is 2. The lowest BCUT2D eigenvalue weighted by atomic mass is 9.85. The van der Waals surface area contributed by atoms with E-state index in [1.165, 1.54) is 14.2 Å². The van der Waals surface area contributed by atoms with Gasteiger partial charge in [-0.1, -0.05) is 60.7 Å². The summed E-state index contributed by atoms with van der Waals surface area (Å²) >= 11 is 0. The predicted octanol–water partition coefficient (Wildman–Crippen LogP) is 7.07.